The summed E-state index contributed by atoms with van der Waals surface area (Å²) in [5.74, 6) is -0.522. The predicted molar refractivity (Wildman–Crippen MR) is 86.7 cm³/mol. The zero-order valence-corrected chi connectivity index (χ0v) is 13.5. The normalized spacial score (nSPS) is 10.6. The summed E-state index contributed by atoms with van der Waals surface area (Å²) in [4.78, 5) is 4.36. The molecule has 0 unspecified atom stereocenters. The molecular formula is C14H6BrClFN3S. The number of hydrogen-bond donors (Lipinski definition) is 1. The van der Waals surface area contributed by atoms with E-state index in [1.807, 2.05) is 18.2 Å². The Hall–Kier alpha value is -1.68. The highest BCUT2D eigenvalue weighted by Crippen LogP contribution is 2.33. The van der Waals surface area contributed by atoms with Crippen LogP contribution in [-0.4, -0.2) is 4.98 Å². The third kappa shape index (κ3) is 2.72. The molecule has 0 radical (unpaired) electrons. The van der Waals surface area contributed by atoms with Crippen LogP contribution in [0.4, 0.5) is 15.2 Å². The predicted octanol–water partition coefficient (Wildman–Crippen LogP) is 5.47. The Morgan fingerprint density at radius 3 is 2.90 bits per heavy atom. The Kier molecular flexibility index (Phi) is 3.81. The van der Waals surface area contributed by atoms with Gasteiger partial charge < -0.3 is 5.32 Å². The highest BCUT2D eigenvalue weighted by molar-refractivity contribution is 9.10. The van der Waals surface area contributed by atoms with E-state index in [0.29, 0.717) is 10.2 Å². The fourth-order valence-corrected chi connectivity index (χ4v) is 3.39. The van der Waals surface area contributed by atoms with Crippen molar-refractivity contribution in [2.45, 2.75) is 0 Å². The van der Waals surface area contributed by atoms with Crippen molar-refractivity contribution in [2.75, 3.05) is 5.32 Å². The van der Waals surface area contributed by atoms with Crippen LogP contribution in [0.15, 0.2) is 34.8 Å². The molecule has 3 aromatic rings. The molecule has 0 atom stereocenters. The summed E-state index contributed by atoms with van der Waals surface area (Å²) in [7, 11) is 0. The van der Waals surface area contributed by atoms with Gasteiger partial charge in [0.1, 0.15) is 6.07 Å². The van der Waals surface area contributed by atoms with Crippen LogP contribution in [0.3, 0.4) is 0 Å². The van der Waals surface area contributed by atoms with Crippen molar-refractivity contribution in [3.63, 3.8) is 0 Å². The molecule has 0 spiro atoms. The number of rotatable bonds is 2. The molecule has 0 amide bonds. The van der Waals surface area contributed by atoms with Gasteiger partial charge in [-0.1, -0.05) is 22.9 Å². The van der Waals surface area contributed by atoms with Crippen LogP contribution in [0.25, 0.3) is 10.2 Å². The van der Waals surface area contributed by atoms with Gasteiger partial charge in [-0.3, -0.25) is 0 Å². The van der Waals surface area contributed by atoms with Crippen LogP contribution in [0.5, 0.6) is 0 Å². The lowest BCUT2D eigenvalue weighted by Crippen LogP contribution is -1.95. The average Bonchev–Trinajstić information content (AvgIpc) is 2.85. The van der Waals surface area contributed by atoms with E-state index in [1.165, 1.54) is 17.4 Å². The molecule has 7 heteroatoms. The Labute approximate surface area is 137 Å². The van der Waals surface area contributed by atoms with E-state index >= 15 is 0 Å². The molecular weight excluding hydrogens is 377 g/mol. The lowest BCUT2D eigenvalue weighted by atomic mass is 10.2. The van der Waals surface area contributed by atoms with Gasteiger partial charge in [0.15, 0.2) is 10.9 Å². The third-order valence-corrected chi connectivity index (χ3v) is 4.74. The SMILES string of the molecule is N#Cc1ccc(Nc2nc3ccc(Cl)cc3s2)c(F)c1Br. The van der Waals surface area contributed by atoms with Crippen molar-refractivity contribution in [1.29, 1.82) is 5.26 Å². The van der Waals surface area contributed by atoms with Gasteiger partial charge in [0.05, 0.1) is 25.9 Å². The summed E-state index contributed by atoms with van der Waals surface area (Å²) < 4.78 is 15.2. The summed E-state index contributed by atoms with van der Waals surface area (Å²) >= 11 is 10.4. The molecule has 3 rings (SSSR count). The molecule has 2 aromatic carbocycles. The molecule has 3 nitrogen and oxygen atoms in total. The van der Waals surface area contributed by atoms with E-state index in [2.05, 4.69) is 26.2 Å². The van der Waals surface area contributed by atoms with E-state index in [1.54, 1.807) is 12.1 Å². The van der Waals surface area contributed by atoms with Gasteiger partial charge in [-0.25, -0.2) is 9.37 Å². The van der Waals surface area contributed by atoms with E-state index in [9.17, 15) is 4.39 Å². The van der Waals surface area contributed by atoms with E-state index < -0.39 is 5.82 Å². The number of benzene rings is 2. The molecule has 0 saturated carbocycles. The molecule has 1 N–H and O–H groups in total. The van der Waals surface area contributed by atoms with Crippen LogP contribution in [0.1, 0.15) is 5.56 Å². The number of halogens is 3. The Balaban J connectivity index is 1.99. The first kappa shape index (κ1) is 14.3. The number of fused-ring (bicyclic) bond motifs is 1. The minimum atomic E-state index is -0.522. The standard InChI is InChI=1S/C14H6BrClFN3S/c15-12-7(6-18)1-3-10(13(12)17)20-14-19-9-4-2-8(16)5-11(9)21-14/h1-5H,(H,19,20). The minimum Gasteiger partial charge on any atom is -0.329 e. The van der Waals surface area contributed by atoms with Gasteiger partial charge in [-0.15, -0.1) is 0 Å². The molecule has 104 valence electrons. The number of nitrogens with one attached hydrogen (secondary N) is 1. The topological polar surface area (TPSA) is 48.7 Å². The highest BCUT2D eigenvalue weighted by Gasteiger charge is 2.13. The van der Waals surface area contributed by atoms with Crippen LogP contribution in [-0.2, 0) is 0 Å². The lowest BCUT2D eigenvalue weighted by Gasteiger charge is -2.06. The monoisotopic (exact) mass is 381 g/mol. The fraction of sp³-hybridized carbons (Fsp3) is 0. The molecule has 0 fully saturated rings. The molecule has 0 aliphatic rings. The number of hydrogen-bond acceptors (Lipinski definition) is 4. The van der Waals surface area contributed by atoms with E-state index in [0.717, 1.165) is 10.2 Å². The fourth-order valence-electron chi connectivity index (χ4n) is 1.80. The van der Waals surface area contributed by atoms with Gasteiger partial charge in [-0.2, -0.15) is 5.26 Å². The van der Waals surface area contributed by atoms with E-state index in [4.69, 9.17) is 16.9 Å². The third-order valence-electron chi connectivity index (χ3n) is 2.79. The number of nitriles is 1. The van der Waals surface area contributed by atoms with Gasteiger partial charge in [0, 0.05) is 5.02 Å². The maximum atomic E-state index is 14.1. The Morgan fingerprint density at radius 1 is 1.33 bits per heavy atom. The summed E-state index contributed by atoms with van der Waals surface area (Å²) in [5, 5.41) is 13.0. The van der Waals surface area contributed by atoms with Crippen LogP contribution >= 0.6 is 38.9 Å². The maximum Gasteiger partial charge on any atom is 0.188 e. The van der Waals surface area contributed by atoms with Gasteiger partial charge in [0.25, 0.3) is 0 Å². The van der Waals surface area contributed by atoms with Crippen LogP contribution in [0, 0.1) is 17.1 Å². The first-order valence-electron chi connectivity index (χ1n) is 5.79. The second-order valence-corrected chi connectivity index (χ2v) is 6.42. The van der Waals surface area contributed by atoms with Crippen molar-refractivity contribution in [1.82, 2.24) is 4.98 Å². The Bertz CT molecular complexity index is 888. The second-order valence-electron chi connectivity index (χ2n) is 4.16. The smallest absolute Gasteiger partial charge is 0.188 e. The van der Waals surface area contributed by atoms with Crippen LogP contribution < -0.4 is 5.32 Å². The van der Waals surface area contributed by atoms with Crippen molar-refractivity contribution in [3.05, 3.63) is 51.2 Å². The molecule has 1 heterocycles. The summed E-state index contributed by atoms with van der Waals surface area (Å²) in [5.41, 5.74) is 1.29. The molecule has 0 saturated heterocycles. The van der Waals surface area contributed by atoms with Gasteiger partial charge in [0.2, 0.25) is 0 Å². The first-order chi connectivity index (χ1) is 10.1. The molecule has 21 heavy (non-hydrogen) atoms. The maximum absolute atomic E-state index is 14.1. The highest BCUT2D eigenvalue weighted by atomic mass is 79.9. The summed E-state index contributed by atoms with van der Waals surface area (Å²) in [6.07, 6.45) is 0. The Morgan fingerprint density at radius 2 is 2.14 bits per heavy atom. The van der Waals surface area contributed by atoms with E-state index in [-0.39, 0.29) is 15.7 Å². The van der Waals surface area contributed by atoms with Gasteiger partial charge >= 0.3 is 0 Å². The van der Waals surface area contributed by atoms with Crippen molar-refractivity contribution >= 4 is 59.9 Å². The molecule has 0 aliphatic carbocycles. The number of nitrogens with zero attached hydrogens (tertiary/aromatic N) is 2. The largest absolute Gasteiger partial charge is 0.329 e. The number of anilines is 2. The van der Waals surface area contributed by atoms with Crippen molar-refractivity contribution < 1.29 is 4.39 Å². The number of aromatic nitrogens is 1. The molecule has 0 aliphatic heterocycles. The van der Waals surface area contributed by atoms with Crippen molar-refractivity contribution in [2.24, 2.45) is 0 Å². The first-order valence-corrected chi connectivity index (χ1v) is 7.78. The van der Waals surface area contributed by atoms with Crippen LogP contribution in [0.2, 0.25) is 5.02 Å². The number of thiazole rings is 1. The molecule has 1 aromatic heterocycles. The van der Waals surface area contributed by atoms with Gasteiger partial charge in [-0.05, 0) is 46.3 Å². The zero-order valence-electron chi connectivity index (χ0n) is 10.3. The lowest BCUT2D eigenvalue weighted by molar-refractivity contribution is 0.624. The molecule has 0 bridgehead atoms. The summed E-state index contributed by atoms with van der Waals surface area (Å²) in [6.45, 7) is 0. The minimum absolute atomic E-state index is 0.138. The summed E-state index contributed by atoms with van der Waals surface area (Å²) in [6, 6.07) is 10.3. The average molecular weight is 383 g/mol. The quantitative estimate of drug-likeness (QED) is 0.639. The second kappa shape index (κ2) is 5.60. The van der Waals surface area contributed by atoms with Crippen molar-refractivity contribution in [3.8, 4) is 6.07 Å². The zero-order chi connectivity index (χ0) is 15.0.